The lowest BCUT2D eigenvalue weighted by Crippen LogP contribution is -2.49. The van der Waals surface area contributed by atoms with E-state index in [1.165, 1.54) is 6.07 Å². The number of hydrogen-bond acceptors (Lipinski definition) is 6. The van der Waals surface area contributed by atoms with E-state index in [1.54, 1.807) is 32.1 Å². The Morgan fingerprint density at radius 2 is 1.96 bits per heavy atom. The molecule has 1 aromatic carbocycles. The van der Waals surface area contributed by atoms with Crippen LogP contribution >= 0.6 is 11.6 Å². The molecule has 26 heavy (non-hydrogen) atoms. The first kappa shape index (κ1) is 18.5. The summed E-state index contributed by atoms with van der Waals surface area (Å²) in [5, 5.41) is 0.392. The van der Waals surface area contributed by atoms with E-state index in [2.05, 4.69) is 0 Å². The van der Waals surface area contributed by atoms with Crippen molar-refractivity contribution in [2.75, 3.05) is 13.2 Å². The lowest BCUT2D eigenvalue weighted by atomic mass is 9.71. The van der Waals surface area contributed by atoms with Crippen LogP contribution < -0.4 is 4.74 Å². The van der Waals surface area contributed by atoms with Crippen molar-refractivity contribution < 1.29 is 28.6 Å². The lowest BCUT2D eigenvalue weighted by Gasteiger charge is -2.38. The fourth-order valence-corrected chi connectivity index (χ4v) is 3.61. The maximum absolute atomic E-state index is 13.1. The van der Waals surface area contributed by atoms with Gasteiger partial charge in [0.1, 0.15) is 17.8 Å². The highest BCUT2D eigenvalue weighted by atomic mass is 35.5. The summed E-state index contributed by atoms with van der Waals surface area (Å²) in [7, 11) is 0. The highest BCUT2D eigenvalue weighted by Gasteiger charge is 2.50. The Morgan fingerprint density at radius 3 is 2.65 bits per heavy atom. The van der Waals surface area contributed by atoms with Crippen molar-refractivity contribution >= 4 is 29.3 Å². The van der Waals surface area contributed by atoms with Gasteiger partial charge < -0.3 is 14.2 Å². The van der Waals surface area contributed by atoms with Crippen LogP contribution in [0.1, 0.15) is 30.6 Å². The molecular formula is C19H19ClO6. The van der Waals surface area contributed by atoms with E-state index in [1.807, 2.05) is 0 Å². The molecule has 0 bridgehead atoms. The van der Waals surface area contributed by atoms with E-state index < -0.39 is 29.9 Å². The average Bonchev–Trinajstić information content (AvgIpc) is 2.62. The van der Waals surface area contributed by atoms with Crippen LogP contribution in [0.2, 0.25) is 5.02 Å². The average molecular weight is 379 g/mol. The number of carbonyl (C=O) groups excluding carboxylic acids is 3. The van der Waals surface area contributed by atoms with E-state index >= 15 is 0 Å². The maximum atomic E-state index is 13.1. The van der Waals surface area contributed by atoms with E-state index in [0.29, 0.717) is 22.8 Å². The number of halogens is 1. The summed E-state index contributed by atoms with van der Waals surface area (Å²) in [5.41, 5.74) is 0.451. The molecule has 0 unspecified atom stereocenters. The Morgan fingerprint density at radius 1 is 1.23 bits per heavy atom. The first-order chi connectivity index (χ1) is 12.5. The predicted molar refractivity (Wildman–Crippen MR) is 93.1 cm³/mol. The molecule has 2 aliphatic rings. The summed E-state index contributed by atoms with van der Waals surface area (Å²) < 4.78 is 16.1. The Balaban J connectivity index is 2.04. The molecule has 1 aliphatic heterocycles. The summed E-state index contributed by atoms with van der Waals surface area (Å²) in [5.74, 6) is -3.03. The molecule has 0 spiro atoms. The third-order valence-corrected chi connectivity index (χ3v) is 4.74. The van der Waals surface area contributed by atoms with Gasteiger partial charge in [-0.3, -0.25) is 9.59 Å². The molecule has 3 rings (SSSR count). The summed E-state index contributed by atoms with van der Waals surface area (Å²) >= 11 is 6.00. The highest BCUT2D eigenvalue weighted by molar-refractivity contribution is 6.31. The van der Waals surface area contributed by atoms with Gasteiger partial charge in [0.25, 0.3) is 0 Å². The van der Waals surface area contributed by atoms with E-state index in [9.17, 15) is 14.4 Å². The van der Waals surface area contributed by atoms with Crippen LogP contribution in [0.15, 0.2) is 29.8 Å². The molecule has 0 radical (unpaired) electrons. The number of Topliss-reactive ketones (excluding diaryl/α,β-unsaturated/α-hetero) is 1. The molecule has 1 aliphatic carbocycles. The minimum Gasteiger partial charge on any atom is -0.489 e. The first-order valence-electron chi connectivity index (χ1n) is 8.52. The van der Waals surface area contributed by atoms with Crippen LogP contribution in [0.3, 0.4) is 0 Å². The Kier molecular flexibility index (Phi) is 5.32. The zero-order valence-corrected chi connectivity index (χ0v) is 15.2. The van der Waals surface area contributed by atoms with Gasteiger partial charge in [0.05, 0.1) is 24.7 Å². The molecule has 0 saturated carbocycles. The van der Waals surface area contributed by atoms with Crippen molar-refractivity contribution in [1.82, 2.24) is 0 Å². The first-order valence-corrected chi connectivity index (χ1v) is 8.89. The number of benzene rings is 1. The van der Waals surface area contributed by atoms with Gasteiger partial charge in [0.2, 0.25) is 0 Å². The van der Waals surface area contributed by atoms with Crippen molar-refractivity contribution in [3.05, 3.63) is 40.4 Å². The topological polar surface area (TPSA) is 78.9 Å². The van der Waals surface area contributed by atoms with Gasteiger partial charge in [-0.1, -0.05) is 17.7 Å². The quantitative estimate of drug-likeness (QED) is 0.749. The second-order valence-electron chi connectivity index (χ2n) is 6.03. The molecule has 138 valence electrons. The second kappa shape index (κ2) is 7.50. The van der Waals surface area contributed by atoms with Crippen molar-refractivity contribution in [1.29, 1.82) is 0 Å². The Hall–Kier alpha value is -2.34. The molecule has 0 aromatic heterocycles. The fourth-order valence-electron chi connectivity index (χ4n) is 3.44. The molecule has 0 saturated heterocycles. The third kappa shape index (κ3) is 3.21. The van der Waals surface area contributed by atoms with Crippen LogP contribution in [0, 0.1) is 11.8 Å². The number of ether oxygens (including phenoxy) is 3. The molecule has 0 fully saturated rings. The fraction of sp³-hybridized carbons (Fsp3) is 0.421. The van der Waals surface area contributed by atoms with Gasteiger partial charge in [-0.25, -0.2) is 4.79 Å². The molecule has 3 atom stereocenters. The molecule has 1 heterocycles. The van der Waals surface area contributed by atoms with E-state index in [4.69, 9.17) is 25.8 Å². The van der Waals surface area contributed by atoms with Crippen molar-refractivity contribution in [2.24, 2.45) is 11.8 Å². The molecule has 1 aromatic rings. The van der Waals surface area contributed by atoms with Gasteiger partial charge in [0.15, 0.2) is 5.78 Å². The second-order valence-corrected chi connectivity index (χ2v) is 6.47. The molecule has 7 heteroatoms. The third-order valence-electron chi connectivity index (χ3n) is 4.50. The lowest BCUT2D eigenvalue weighted by molar-refractivity contribution is -0.153. The van der Waals surface area contributed by atoms with Crippen molar-refractivity contribution in [3.8, 4) is 5.75 Å². The van der Waals surface area contributed by atoms with Gasteiger partial charge in [-0.15, -0.1) is 0 Å². The summed E-state index contributed by atoms with van der Waals surface area (Å²) in [6.07, 6.45) is 1.38. The van der Waals surface area contributed by atoms with Crippen LogP contribution in [-0.2, 0) is 19.1 Å². The van der Waals surface area contributed by atoms with Crippen LogP contribution in [0.5, 0.6) is 5.75 Å². The summed E-state index contributed by atoms with van der Waals surface area (Å²) in [6.45, 7) is 3.65. The normalized spacial score (nSPS) is 23.9. The van der Waals surface area contributed by atoms with Crippen molar-refractivity contribution in [3.63, 3.8) is 0 Å². The zero-order chi connectivity index (χ0) is 18.8. The number of carbonyl (C=O) groups is 3. The van der Waals surface area contributed by atoms with Gasteiger partial charge in [0, 0.05) is 17.0 Å². The molecule has 0 N–H and O–H groups in total. The van der Waals surface area contributed by atoms with Gasteiger partial charge >= 0.3 is 11.9 Å². The Bertz CT molecular complexity index is 784. The number of fused-ring (bicyclic) bond motifs is 2. The van der Waals surface area contributed by atoms with Gasteiger partial charge in [-0.05, 0) is 32.0 Å². The Labute approximate surface area is 156 Å². The van der Waals surface area contributed by atoms with Crippen LogP contribution in [0.25, 0.3) is 0 Å². The largest absolute Gasteiger partial charge is 0.489 e. The molecule has 6 nitrogen and oxygen atoms in total. The summed E-state index contributed by atoms with van der Waals surface area (Å²) in [4.78, 5) is 38.0. The molecular weight excluding hydrogens is 360 g/mol. The number of esters is 2. The number of hydrogen-bond donors (Lipinski definition) is 0. The smallest absolute Gasteiger partial charge is 0.334 e. The predicted octanol–water partition coefficient (Wildman–Crippen LogP) is 2.97. The molecule has 0 amide bonds. The SMILES string of the molecule is CCOC(=O)C1=CC[C@H]2Oc3ccc(Cl)cc3C(=O)[C@@H]2[C@@H]1C(=O)OCC. The van der Waals surface area contributed by atoms with E-state index in [-0.39, 0.29) is 24.6 Å². The maximum Gasteiger partial charge on any atom is 0.334 e. The van der Waals surface area contributed by atoms with E-state index in [0.717, 1.165) is 0 Å². The monoisotopic (exact) mass is 378 g/mol. The summed E-state index contributed by atoms with van der Waals surface area (Å²) in [6, 6.07) is 4.79. The minimum atomic E-state index is -1.06. The number of ketones is 1. The minimum absolute atomic E-state index is 0.139. The van der Waals surface area contributed by atoms with Crippen molar-refractivity contribution in [2.45, 2.75) is 26.4 Å². The van der Waals surface area contributed by atoms with Crippen LogP contribution in [0.4, 0.5) is 0 Å². The zero-order valence-electron chi connectivity index (χ0n) is 14.5. The van der Waals surface area contributed by atoms with Gasteiger partial charge in [-0.2, -0.15) is 0 Å². The standard InChI is InChI=1S/C19H19ClO6/c1-3-24-18(22)11-6-8-14-16(15(11)19(23)25-4-2)17(21)12-9-10(20)5-7-13(12)26-14/h5-7,9,14-16H,3-4,8H2,1-2H3/t14-,15-,16+/m1/s1. The number of rotatable bonds is 4. The highest BCUT2D eigenvalue weighted by Crippen LogP contribution is 2.42. The van der Waals surface area contributed by atoms with Crippen LogP contribution in [-0.4, -0.2) is 37.0 Å².